The normalized spacial score (nSPS) is 13.3. The first-order valence-electron chi connectivity index (χ1n) is 19.6. The smallest absolute Gasteiger partial charge is 0.408 e. The third kappa shape index (κ3) is 18.7. The van der Waals surface area contributed by atoms with Crippen molar-refractivity contribution in [2.45, 2.75) is 142 Å². The summed E-state index contributed by atoms with van der Waals surface area (Å²) in [5, 5.41) is 14.1. The molecule has 59 heavy (non-hydrogen) atoms. The second-order valence-corrected chi connectivity index (χ2v) is 18.4. The molecule has 0 aliphatic rings. The molecule has 2 aromatic carbocycles. The van der Waals surface area contributed by atoms with Gasteiger partial charge in [-0.3, -0.25) is 9.59 Å². The van der Waals surface area contributed by atoms with Crippen molar-refractivity contribution in [1.82, 2.24) is 21.3 Å². The van der Waals surface area contributed by atoms with Crippen molar-refractivity contribution in [3.63, 3.8) is 0 Å². The van der Waals surface area contributed by atoms with Crippen LogP contribution in [-0.4, -0.2) is 77.4 Å². The maximum atomic E-state index is 13.6. The van der Waals surface area contributed by atoms with Gasteiger partial charge in [-0.25, -0.2) is 19.2 Å². The zero-order valence-electron chi connectivity index (χ0n) is 35.5. The Morgan fingerprint density at radius 1 is 0.712 bits per heavy atom. The van der Waals surface area contributed by atoms with Crippen LogP contribution in [0.15, 0.2) is 53.9 Å². The number of benzene rings is 2. The van der Waals surface area contributed by atoms with Crippen molar-refractivity contribution >= 4 is 69.0 Å². The molecule has 0 spiro atoms. The van der Waals surface area contributed by atoms with Crippen LogP contribution in [0.2, 0.25) is 5.02 Å². The van der Waals surface area contributed by atoms with Gasteiger partial charge >= 0.3 is 30.0 Å². The fourth-order valence-electron chi connectivity index (χ4n) is 5.61. The molecule has 14 nitrogen and oxygen atoms in total. The van der Waals surface area contributed by atoms with Gasteiger partial charge in [-0.15, -0.1) is 11.3 Å². The Hall–Kier alpha value is -4.89. The van der Waals surface area contributed by atoms with Gasteiger partial charge in [0.2, 0.25) is 5.91 Å². The van der Waals surface area contributed by atoms with Gasteiger partial charge in [-0.05, 0) is 128 Å². The first-order chi connectivity index (χ1) is 27.5. The van der Waals surface area contributed by atoms with Crippen molar-refractivity contribution in [1.29, 1.82) is 0 Å². The van der Waals surface area contributed by atoms with Gasteiger partial charge in [0.05, 0.1) is 0 Å². The maximum Gasteiger partial charge on any atom is 0.408 e. The number of carbonyl (C=O) groups excluding carboxylic acids is 6. The Kier molecular flexibility index (Phi) is 18.0. The number of hydrogen-bond donors (Lipinski definition) is 4. The molecule has 0 radical (unpaired) electrons. The SMILES string of the molecule is CC(C)(C)OC(=O)CC[C@H](NC(=O)N[C@@H](CCCCNC(=O)[C@@H](Cc1csc2ccc(Cl)cc12)NC(=O)OCc1ccccc1)C(=O)OC(C)(C)C)C(=O)OC(C)(C)C. The van der Waals surface area contributed by atoms with E-state index in [0.29, 0.717) is 17.9 Å². The van der Waals surface area contributed by atoms with Crippen molar-refractivity contribution in [2.24, 2.45) is 0 Å². The molecular formula is C43H59ClN4O10S. The molecule has 16 heteroatoms. The van der Waals surface area contributed by atoms with Crippen LogP contribution in [-0.2, 0) is 51.2 Å². The van der Waals surface area contributed by atoms with Gasteiger partial charge < -0.3 is 40.2 Å². The van der Waals surface area contributed by atoms with Crippen molar-refractivity contribution in [2.75, 3.05) is 6.54 Å². The quantitative estimate of drug-likeness (QED) is 0.0566. The highest BCUT2D eigenvalue weighted by molar-refractivity contribution is 7.17. The van der Waals surface area contributed by atoms with Crippen LogP contribution in [0.25, 0.3) is 10.1 Å². The molecule has 4 amide bonds. The number of ether oxygens (including phenoxy) is 4. The van der Waals surface area contributed by atoms with E-state index in [1.165, 1.54) is 11.3 Å². The highest BCUT2D eigenvalue weighted by Crippen LogP contribution is 2.29. The number of nitrogens with one attached hydrogen (secondary N) is 4. The molecule has 1 heterocycles. The second-order valence-electron chi connectivity index (χ2n) is 17.1. The lowest BCUT2D eigenvalue weighted by molar-refractivity contribution is -0.159. The lowest BCUT2D eigenvalue weighted by Crippen LogP contribution is -2.53. The number of unbranched alkanes of at least 4 members (excludes halogenated alkanes) is 1. The molecule has 324 valence electrons. The number of hydrogen-bond acceptors (Lipinski definition) is 11. The predicted molar refractivity (Wildman–Crippen MR) is 227 cm³/mol. The largest absolute Gasteiger partial charge is 0.460 e. The van der Waals surface area contributed by atoms with Gasteiger partial charge in [0.15, 0.2) is 0 Å². The monoisotopic (exact) mass is 858 g/mol. The zero-order valence-corrected chi connectivity index (χ0v) is 37.0. The second kappa shape index (κ2) is 21.9. The van der Waals surface area contributed by atoms with Crippen molar-refractivity contribution in [3.05, 3.63) is 70.1 Å². The van der Waals surface area contributed by atoms with Gasteiger partial charge in [0.1, 0.15) is 41.5 Å². The van der Waals surface area contributed by atoms with Gasteiger partial charge in [-0.2, -0.15) is 0 Å². The highest BCUT2D eigenvalue weighted by Gasteiger charge is 2.31. The first-order valence-corrected chi connectivity index (χ1v) is 20.9. The summed E-state index contributed by atoms with van der Waals surface area (Å²) in [5.41, 5.74) is -0.852. The minimum atomic E-state index is -1.22. The number of amides is 4. The number of esters is 3. The Morgan fingerprint density at radius 2 is 1.31 bits per heavy atom. The number of urea groups is 1. The standard InChI is InChI=1S/C43H59ClN4O10S/c1-41(2,3)56-35(49)21-19-32(38(52)58-43(7,8)9)47-39(53)46-31(37(51)57-42(4,5)6)17-13-14-22-45-36(50)33(48-40(54)55-25-27-15-11-10-12-16-27)23-28-26-59-34-20-18-29(44)24-30(28)34/h10-12,15-16,18,20,24,26,31-33H,13-14,17,19,21-23,25H2,1-9H3,(H,45,50)(H,48,54)(H2,46,47,53)/t31-,32-,33+/m0/s1. The van der Waals surface area contributed by atoms with Gasteiger partial charge in [0.25, 0.3) is 0 Å². The third-order valence-corrected chi connectivity index (χ3v) is 9.38. The van der Waals surface area contributed by atoms with E-state index in [9.17, 15) is 28.8 Å². The Balaban J connectivity index is 1.66. The fraction of sp³-hybridized carbons (Fsp3) is 0.535. The molecule has 0 unspecified atom stereocenters. The van der Waals surface area contributed by atoms with E-state index in [-0.39, 0.29) is 38.8 Å². The van der Waals surface area contributed by atoms with Crippen LogP contribution in [0.5, 0.6) is 0 Å². The minimum absolute atomic E-state index is 0.0244. The molecule has 4 N–H and O–H groups in total. The molecule has 0 saturated carbocycles. The maximum absolute atomic E-state index is 13.6. The van der Waals surface area contributed by atoms with Crippen LogP contribution in [0.3, 0.4) is 0 Å². The zero-order chi connectivity index (χ0) is 44.0. The van der Waals surface area contributed by atoms with Crippen LogP contribution in [0.1, 0.15) is 106 Å². The molecule has 3 aromatic rings. The summed E-state index contributed by atoms with van der Waals surface area (Å²) in [5.74, 6) is -2.44. The Bertz CT molecular complexity index is 1900. The molecular weight excluding hydrogens is 800 g/mol. The van der Waals surface area contributed by atoms with Crippen molar-refractivity contribution < 1.29 is 47.7 Å². The minimum Gasteiger partial charge on any atom is -0.460 e. The summed E-state index contributed by atoms with van der Waals surface area (Å²) in [6.45, 7) is 15.5. The van der Waals surface area contributed by atoms with E-state index >= 15 is 0 Å². The average Bonchev–Trinajstić information content (AvgIpc) is 3.50. The molecule has 0 aliphatic carbocycles. The number of rotatable bonds is 18. The van der Waals surface area contributed by atoms with E-state index in [0.717, 1.165) is 21.2 Å². The van der Waals surface area contributed by atoms with E-state index in [1.807, 2.05) is 47.8 Å². The van der Waals surface area contributed by atoms with E-state index < -0.39 is 70.9 Å². The number of fused-ring (bicyclic) bond motifs is 1. The Morgan fingerprint density at radius 3 is 1.90 bits per heavy atom. The van der Waals surface area contributed by atoms with E-state index in [2.05, 4.69) is 21.3 Å². The predicted octanol–water partition coefficient (Wildman–Crippen LogP) is 7.52. The number of alkyl carbamates (subject to hydrolysis) is 1. The molecule has 0 fully saturated rings. The molecule has 3 atom stereocenters. The summed E-state index contributed by atoms with van der Waals surface area (Å²) in [6, 6.07) is 10.5. The van der Waals surface area contributed by atoms with Crippen molar-refractivity contribution in [3.8, 4) is 0 Å². The van der Waals surface area contributed by atoms with Crippen LogP contribution in [0.4, 0.5) is 9.59 Å². The topological polar surface area (TPSA) is 187 Å². The molecule has 1 aromatic heterocycles. The summed E-state index contributed by atoms with van der Waals surface area (Å²) < 4.78 is 22.8. The summed E-state index contributed by atoms with van der Waals surface area (Å²) >= 11 is 7.77. The molecule has 0 aliphatic heterocycles. The fourth-order valence-corrected chi connectivity index (χ4v) is 6.74. The molecule has 0 bridgehead atoms. The average molecular weight is 859 g/mol. The van der Waals surface area contributed by atoms with Crippen LogP contribution >= 0.6 is 22.9 Å². The number of carbonyl (C=O) groups is 6. The molecule has 0 saturated heterocycles. The lowest BCUT2D eigenvalue weighted by Gasteiger charge is -2.27. The van der Waals surface area contributed by atoms with E-state index in [1.54, 1.807) is 68.4 Å². The summed E-state index contributed by atoms with van der Waals surface area (Å²) in [6.07, 6.45) is 0.0273. The van der Waals surface area contributed by atoms with Crippen LogP contribution in [0, 0.1) is 0 Å². The number of thiophene rings is 1. The summed E-state index contributed by atoms with van der Waals surface area (Å²) in [7, 11) is 0. The third-order valence-electron chi connectivity index (χ3n) is 8.13. The number of halogens is 1. The first kappa shape index (κ1) is 48.5. The Labute approximate surface area is 355 Å². The van der Waals surface area contributed by atoms with Crippen LogP contribution < -0.4 is 21.3 Å². The highest BCUT2D eigenvalue weighted by atomic mass is 35.5. The van der Waals surface area contributed by atoms with E-state index in [4.69, 9.17) is 30.5 Å². The van der Waals surface area contributed by atoms with Gasteiger partial charge in [-0.1, -0.05) is 41.9 Å². The lowest BCUT2D eigenvalue weighted by atomic mass is 10.0. The van der Waals surface area contributed by atoms with Gasteiger partial charge in [0, 0.05) is 29.1 Å². The molecule has 3 rings (SSSR count). The summed E-state index contributed by atoms with van der Waals surface area (Å²) in [4.78, 5) is 78.6.